The van der Waals surface area contributed by atoms with Crippen molar-refractivity contribution in [1.82, 2.24) is 0 Å². The van der Waals surface area contributed by atoms with Crippen molar-refractivity contribution in [1.29, 1.82) is 0 Å². The average molecular weight is 274 g/mol. The molecule has 19 heavy (non-hydrogen) atoms. The van der Waals surface area contributed by atoms with Gasteiger partial charge >= 0.3 is 0 Å². The van der Waals surface area contributed by atoms with Gasteiger partial charge in [-0.2, -0.15) is 10.4 Å². The maximum atomic E-state index is 9.80. The van der Waals surface area contributed by atoms with Gasteiger partial charge in [-0.1, -0.05) is 65.2 Å². The van der Waals surface area contributed by atoms with E-state index in [1.807, 2.05) is 13.8 Å². The predicted octanol–water partition coefficient (Wildman–Crippen LogP) is 5.30. The van der Waals surface area contributed by atoms with Crippen LogP contribution in [-0.4, -0.2) is 27.8 Å². The largest absolute Gasteiger partial charge is 0.182 e. The van der Waals surface area contributed by atoms with E-state index in [1.165, 1.54) is 51.4 Å². The Balaban J connectivity index is 3.31. The second-order valence-corrected chi connectivity index (χ2v) is 5.95. The first kappa shape index (κ1) is 18.9. The van der Waals surface area contributed by atoms with Gasteiger partial charge in [-0.3, -0.25) is 0 Å². The van der Waals surface area contributed by atoms with Crippen LogP contribution in [-0.2, 0) is 0 Å². The third kappa shape index (κ3) is 10.3. The molecule has 0 saturated carbocycles. The van der Waals surface area contributed by atoms with E-state index in [0.29, 0.717) is 6.54 Å². The molecule has 3 nitrogen and oxygen atoms in total. The summed E-state index contributed by atoms with van der Waals surface area (Å²) in [5.74, 6) is 0. The summed E-state index contributed by atoms with van der Waals surface area (Å²) >= 11 is 0. The third-order valence-corrected chi connectivity index (χ3v) is 4.14. The highest BCUT2D eigenvalue weighted by molar-refractivity contribution is 4.48. The van der Waals surface area contributed by atoms with Crippen molar-refractivity contribution >= 4 is 0 Å². The Bertz CT molecular complexity index is 195. The molecule has 0 fully saturated rings. The highest BCUT2D eigenvalue weighted by Gasteiger charge is 2.28. The summed E-state index contributed by atoms with van der Waals surface area (Å²) in [6.45, 7) is 6.59. The summed E-state index contributed by atoms with van der Waals surface area (Å²) in [4.78, 5) is -0.798. The number of hydrogen-bond donors (Lipinski definition) is 2. The van der Waals surface area contributed by atoms with Crippen molar-refractivity contribution in [3.63, 3.8) is 0 Å². The maximum Gasteiger partial charge on any atom is 0.149 e. The fraction of sp³-hybridized carbons (Fsp3) is 1.00. The number of hydroxylamine groups is 4. The predicted molar refractivity (Wildman–Crippen MR) is 80.3 cm³/mol. The van der Waals surface area contributed by atoms with Gasteiger partial charge in [-0.25, -0.2) is 0 Å². The Morgan fingerprint density at radius 3 is 1.58 bits per heavy atom. The molecule has 0 amide bonds. The monoisotopic (exact) mass is 274 g/mol. The maximum absolute atomic E-state index is 9.80. The lowest BCUT2D eigenvalue weighted by Gasteiger charge is -2.26. The topological polar surface area (TPSA) is 40.5 Å². The smallest absolute Gasteiger partial charge is 0.149 e. The molecule has 0 aliphatic rings. The molecular formula is C16H36NO2+. The van der Waals surface area contributed by atoms with Gasteiger partial charge in [0.05, 0.1) is 0 Å². The van der Waals surface area contributed by atoms with Crippen molar-refractivity contribution in [2.75, 3.05) is 6.54 Å². The lowest BCUT2D eigenvalue weighted by molar-refractivity contribution is -1.26. The van der Waals surface area contributed by atoms with Crippen LogP contribution in [0.3, 0.4) is 0 Å². The highest BCUT2D eigenvalue weighted by Crippen LogP contribution is 2.14. The molecule has 0 aliphatic carbocycles. The van der Waals surface area contributed by atoms with Crippen molar-refractivity contribution < 1.29 is 15.2 Å². The van der Waals surface area contributed by atoms with E-state index in [0.717, 1.165) is 19.3 Å². The minimum atomic E-state index is -0.798. The summed E-state index contributed by atoms with van der Waals surface area (Å²) in [5.41, 5.74) is 0. The zero-order chi connectivity index (χ0) is 14.6. The van der Waals surface area contributed by atoms with Crippen LogP contribution in [0.5, 0.6) is 0 Å². The third-order valence-electron chi connectivity index (χ3n) is 4.14. The SMILES string of the molecule is CCCCCCCCCCCC[N+](O)(O)C(C)CC. The van der Waals surface area contributed by atoms with Gasteiger partial charge in [0.2, 0.25) is 0 Å². The number of quaternary nitrogens is 1. The number of hydrogen-bond acceptors (Lipinski definition) is 2. The van der Waals surface area contributed by atoms with Crippen LogP contribution in [0, 0.1) is 0 Å². The normalized spacial score (nSPS) is 13.7. The zero-order valence-electron chi connectivity index (χ0n) is 13.4. The van der Waals surface area contributed by atoms with E-state index >= 15 is 0 Å². The van der Waals surface area contributed by atoms with Crippen LogP contribution in [0.2, 0.25) is 0 Å². The summed E-state index contributed by atoms with van der Waals surface area (Å²) in [5, 5.41) is 19.6. The van der Waals surface area contributed by atoms with Gasteiger partial charge in [0.25, 0.3) is 0 Å². The second-order valence-electron chi connectivity index (χ2n) is 5.95. The molecule has 0 rings (SSSR count). The summed E-state index contributed by atoms with van der Waals surface area (Å²) < 4.78 is 0. The lowest BCUT2D eigenvalue weighted by Crippen LogP contribution is -2.48. The Kier molecular flexibility index (Phi) is 11.6. The number of rotatable bonds is 13. The summed E-state index contributed by atoms with van der Waals surface area (Å²) in [6.07, 6.45) is 13.5. The first-order chi connectivity index (χ1) is 9.04. The highest BCUT2D eigenvalue weighted by atomic mass is 16.8. The van der Waals surface area contributed by atoms with Crippen LogP contribution in [0.1, 0.15) is 91.4 Å². The fourth-order valence-corrected chi connectivity index (χ4v) is 2.34. The van der Waals surface area contributed by atoms with Gasteiger partial charge in [-0.05, 0) is 18.2 Å². The molecule has 2 N–H and O–H groups in total. The molecule has 1 unspecified atom stereocenters. The van der Waals surface area contributed by atoms with Gasteiger partial charge < -0.3 is 0 Å². The Morgan fingerprint density at radius 2 is 1.16 bits per heavy atom. The minimum Gasteiger partial charge on any atom is -0.182 e. The van der Waals surface area contributed by atoms with E-state index in [-0.39, 0.29) is 6.04 Å². The lowest BCUT2D eigenvalue weighted by atomic mass is 10.1. The van der Waals surface area contributed by atoms with Gasteiger partial charge in [-0.15, -0.1) is 0 Å². The van der Waals surface area contributed by atoms with Gasteiger partial charge in [0, 0.05) is 12.8 Å². The van der Waals surface area contributed by atoms with E-state index in [2.05, 4.69) is 6.92 Å². The standard InChI is InChI=1S/C16H36NO2/c1-4-6-7-8-9-10-11-12-13-14-15-17(18,19)16(3)5-2/h16,18-19H,4-15H2,1-3H3/q+1. The van der Waals surface area contributed by atoms with Crippen LogP contribution in [0.4, 0.5) is 0 Å². The second kappa shape index (κ2) is 11.7. The summed E-state index contributed by atoms with van der Waals surface area (Å²) in [6, 6.07) is -0.0847. The van der Waals surface area contributed by atoms with E-state index in [9.17, 15) is 10.4 Å². The number of nitrogens with zero attached hydrogens (tertiary/aromatic N) is 1. The fourth-order valence-electron chi connectivity index (χ4n) is 2.34. The van der Waals surface area contributed by atoms with Crippen LogP contribution >= 0.6 is 0 Å². The van der Waals surface area contributed by atoms with Crippen molar-refractivity contribution in [3.05, 3.63) is 0 Å². The first-order valence-corrected chi connectivity index (χ1v) is 8.37. The molecule has 0 heterocycles. The molecule has 0 bridgehead atoms. The van der Waals surface area contributed by atoms with Crippen LogP contribution < -0.4 is 0 Å². The first-order valence-electron chi connectivity index (χ1n) is 8.37. The molecule has 116 valence electrons. The van der Waals surface area contributed by atoms with Gasteiger partial charge in [0.1, 0.15) is 12.6 Å². The molecule has 0 aromatic carbocycles. The number of unbranched alkanes of at least 4 members (excludes halogenated alkanes) is 9. The molecule has 3 heteroatoms. The van der Waals surface area contributed by atoms with E-state index in [4.69, 9.17) is 0 Å². The van der Waals surface area contributed by atoms with Crippen molar-refractivity contribution in [2.45, 2.75) is 97.4 Å². The average Bonchev–Trinajstić information content (AvgIpc) is 2.39. The molecule has 0 radical (unpaired) electrons. The molecule has 1 atom stereocenters. The Hall–Kier alpha value is -0.120. The summed E-state index contributed by atoms with van der Waals surface area (Å²) in [7, 11) is 0. The molecule has 0 aromatic heterocycles. The van der Waals surface area contributed by atoms with E-state index < -0.39 is 4.81 Å². The molecule has 0 aliphatic heterocycles. The van der Waals surface area contributed by atoms with Crippen LogP contribution in [0.25, 0.3) is 0 Å². The van der Waals surface area contributed by atoms with Crippen molar-refractivity contribution in [2.24, 2.45) is 0 Å². The quantitative estimate of drug-likeness (QED) is 0.272. The molecule has 0 saturated heterocycles. The molecule has 0 aromatic rings. The Morgan fingerprint density at radius 1 is 0.737 bits per heavy atom. The zero-order valence-corrected chi connectivity index (χ0v) is 13.4. The van der Waals surface area contributed by atoms with Gasteiger partial charge in [0.15, 0.2) is 0 Å². The Labute approximate surface area is 120 Å². The van der Waals surface area contributed by atoms with E-state index in [1.54, 1.807) is 0 Å². The molecule has 0 spiro atoms. The van der Waals surface area contributed by atoms with Crippen molar-refractivity contribution in [3.8, 4) is 0 Å². The van der Waals surface area contributed by atoms with Crippen LogP contribution in [0.15, 0.2) is 0 Å². The molecular weight excluding hydrogens is 238 g/mol. The minimum absolute atomic E-state index is 0.0847.